The molecule has 1 heterocycles. The Morgan fingerprint density at radius 3 is 2.26 bits per heavy atom. The number of nitrogens with zero attached hydrogens (tertiary/aromatic N) is 1. The number of hydrogen-bond donors (Lipinski definition) is 0. The zero-order chi connectivity index (χ0) is 13.9. The van der Waals surface area contributed by atoms with Crippen LogP contribution < -0.4 is 0 Å². The summed E-state index contributed by atoms with van der Waals surface area (Å²) in [5.41, 5.74) is 0. The second-order valence-corrected chi connectivity index (χ2v) is 7.95. The maximum Gasteiger partial charge on any atom is 0.150 e. The largest absolute Gasteiger partial charge is 0.238 e. The molecule has 0 saturated carbocycles. The average molecular weight is 300 g/mol. The molecule has 1 aromatic heterocycles. The molecule has 0 aliphatic heterocycles. The van der Waals surface area contributed by atoms with E-state index in [4.69, 9.17) is 0 Å². The van der Waals surface area contributed by atoms with Crippen molar-refractivity contribution in [1.82, 2.24) is 4.98 Å². The van der Waals surface area contributed by atoms with Crippen LogP contribution in [0, 0.1) is 12.8 Å². The summed E-state index contributed by atoms with van der Waals surface area (Å²) in [7, 11) is 0. The lowest BCUT2D eigenvalue weighted by atomic mass is 9.92. The van der Waals surface area contributed by atoms with Gasteiger partial charge in [0.05, 0.1) is 0 Å². The van der Waals surface area contributed by atoms with E-state index in [1.165, 1.54) is 66.3 Å². The van der Waals surface area contributed by atoms with Crippen molar-refractivity contribution >= 4 is 23.1 Å². The molecule has 1 rings (SSSR count). The molecular weight excluding hydrogens is 270 g/mol. The van der Waals surface area contributed by atoms with Gasteiger partial charge in [-0.1, -0.05) is 64.1 Å². The first-order chi connectivity index (χ1) is 9.26. The number of aryl methyl sites for hydroxylation is 1. The molecule has 0 amide bonds. The molecule has 1 nitrogen and oxygen atoms in total. The van der Waals surface area contributed by atoms with Crippen LogP contribution in [-0.2, 0) is 0 Å². The second-order valence-electron chi connectivity index (χ2n) is 5.38. The van der Waals surface area contributed by atoms with Gasteiger partial charge in [-0.3, -0.25) is 0 Å². The van der Waals surface area contributed by atoms with E-state index in [1.54, 1.807) is 0 Å². The fraction of sp³-hybridized carbons (Fsp3) is 0.812. The topological polar surface area (TPSA) is 12.9 Å². The minimum atomic E-state index is 0.971. The number of hydrogen-bond acceptors (Lipinski definition) is 3. The summed E-state index contributed by atoms with van der Waals surface area (Å²) in [6.07, 6.45) is 13.1. The molecule has 0 bridgehead atoms. The molecule has 0 N–H and O–H groups in total. The molecule has 0 spiro atoms. The minimum absolute atomic E-state index is 0.971. The van der Waals surface area contributed by atoms with Crippen molar-refractivity contribution in [2.45, 2.75) is 76.5 Å². The number of unbranched alkanes of at least 4 members (excludes halogenated alkanes) is 2. The smallest absolute Gasteiger partial charge is 0.150 e. The molecule has 0 radical (unpaired) electrons. The lowest BCUT2D eigenvalue weighted by Crippen LogP contribution is -2.01. The van der Waals surface area contributed by atoms with Crippen molar-refractivity contribution < 1.29 is 0 Å². The average Bonchev–Trinajstić information content (AvgIpc) is 2.82. The third-order valence-corrected chi connectivity index (χ3v) is 5.67. The highest BCUT2D eigenvalue weighted by Crippen LogP contribution is 2.27. The van der Waals surface area contributed by atoms with Gasteiger partial charge in [0.1, 0.15) is 4.34 Å². The van der Waals surface area contributed by atoms with Crippen LogP contribution in [0.15, 0.2) is 10.5 Å². The van der Waals surface area contributed by atoms with Crippen LogP contribution >= 0.6 is 23.1 Å². The molecule has 3 heteroatoms. The molecule has 0 saturated heterocycles. The monoisotopic (exact) mass is 299 g/mol. The first-order valence-corrected chi connectivity index (χ1v) is 9.61. The fourth-order valence-electron chi connectivity index (χ4n) is 2.35. The van der Waals surface area contributed by atoms with Crippen LogP contribution in [0.2, 0.25) is 0 Å². The molecule has 0 aromatic carbocycles. The number of thiazole rings is 1. The summed E-state index contributed by atoms with van der Waals surface area (Å²) in [6.45, 7) is 6.74. The number of aromatic nitrogens is 1. The van der Waals surface area contributed by atoms with E-state index in [0.29, 0.717) is 0 Å². The molecule has 0 aliphatic carbocycles. The predicted molar refractivity (Wildman–Crippen MR) is 89.3 cm³/mol. The standard InChI is InChI=1S/C16H29NS2/c1-4-6-9-15(10-7-5-2)11-8-12-18-16-17-13-14(3)19-16/h13,15H,4-12H2,1-3H3. The van der Waals surface area contributed by atoms with E-state index in [0.717, 1.165) is 5.92 Å². The summed E-state index contributed by atoms with van der Waals surface area (Å²) in [5, 5.41) is 0. The predicted octanol–water partition coefficient (Wildman–Crippen LogP) is 6.32. The lowest BCUT2D eigenvalue weighted by molar-refractivity contribution is 0.391. The van der Waals surface area contributed by atoms with E-state index >= 15 is 0 Å². The molecule has 0 unspecified atom stereocenters. The molecular formula is C16H29NS2. The maximum absolute atomic E-state index is 4.41. The zero-order valence-corrected chi connectivity index (χ0v) is 14.4. The zero-order valence-electron chi connectivity index (χ0n) is 12.8. The third-order valence-electron chi connectivity index (χ3n) is 3.51. The minimum Gasteiger partial charge on any atom is -0.238 e. The summed E-state index contributed by atoms with van der Waals surface area (Å²) in [4.78, 5) is 5.74. The maximum atomic E-state index is 4.41. The van der Waals surface area contributed by atoms with Gasteiger partial charge < -0.3 is 0 Å². The van der Waals surface area contributed by atoms with E-state index in [9.17, 15) is 0 Å². The Bertz CT molecular complexity index is 314. The second kappa shape index (κ2) is 10.7. The molecule has 0 fully saturated rings. The highest BCUT2D eigenvalue weighted by atomic mass is 32.2. The molecule has 1 aromatic rings. The molecule has 19 heavy (non-hydrogen) atoms. The Kier molecular flexibility index (Phi) is 9.62. The SMILES string of the molecule is CCCCC(CCCC)CCCSc1ncc(C)s1. The van der Waals surface area contributed by atoms with Crippen molar-refractivity contribution in [1.29, 1.82) is 0 Å². The normalized spacial score (nSPS) is 11.4. The van der Waals surface area contributed by atoms with E-state index in [2.05, 4.69) is 25.8 Å². The van der Waals surface area contributed by atoms with Crippen molar-refractivity contribution in [3.63, 3.8) is 0 Å². The molecule has 110 valence electrons. The number of rotatable bonds is 11. The number of thioether (sulfide) groups is 1. The van der Waals surface area contributed by atoms with Crippen LogP contribution in [0.25, 0.3) is 0 Å². The van der Waals surface area contributed by atoms with Crippen molar-refractivity contribution in [3.05, 3.63) is 11.1 Å². The van der Waals surface area contributed by atoms with Crippen LogP contribution in [0.3, 0.4) is 0 Å². The van der Waals surface area contributed by atoms with Crippen LogP contribution in [-0.4, -0.2) is 10.7 Å². The van der Waals surface area contributed by atoms with E-state index < -0.39 is 0 Å². The Hall–Kier alpha value is -0.0200. The Morgan fingerprint density at radius 2 is 1.74 bits per heavy atom. The first kappa shape index (κ1) is 17.0. The van der Waals surface area contributed by atoms with Gasteiger partial charge in [-0.25, -0.2) is 4.98 Å². The van der Waals surface area contributed by atoms with Crippen molar-refractivity contribution in [3.8, 4) is 0 Å². The van der Waals surface area contributed by atoms with Gasteiger partial charge in [0, 0.05) is 16.8 Å². The van der Waals surface area contributed by atoms with Gasteiger partial charge >= 0.3 is 0 Å². The van der Waals surface area contributed by atoms with Crippen LogP contribution in [0.1, 0.15) is 70.1 Å². The van der Waals surface area contributed by atoms with Gasteiger partial charge in [-0.05, 0) is 25.7 Å². The highest BCUT2D eigenvalue weighted by molar-refractivity contribution is 8.01. The summed E-state index contributed by atoms with van der Waals surface area (Å²) < 4.78 is 1.25. The lowest BCUT2D eigenvalue weighted by Gasteiger charge is -2.15. The third kappa shape index (κ3) is 7.98. The van der Waals surface area contributed by atoms with E-state index in [-0.39, 0.29) is 0 Å². The Morgan fingerprint density at radius 1 is 1.11 bits per heavy atom. The summed E-state index contributed by atoms with van der Waals surface area (Å²) in [5.74, 6) is 2.21. The van der Waals surface area contributed by atoms with Crippen molar-refractivity contribution in [2.24, 2.45) is 5.92 Å². The van der Waals surface area contributed by atoms with Gasteiger partial charge in [-0.15, -0.1) is 11.3 Å². The molecule has 0 aliphatic rings. The summed E-state index contributed by atoms with van der Waals surface area (Å²) >= 11 is 3.76. The quantitative estimate of drug-likeness (QED) is 0.350. The van der Waals surface area contributed by atoms with E-state index in [1.807, 2.05) is 29.3 Å². The highest BCUT2D eigenvalue weighted by Gasteiger charge is 2.08. The first-order valence-electron chi connectivity index (χ1n) is 7.81. The van der Waals surface area contributed by atoms with Gasteiger partial charge in [-0.2, -0.15) is 0 Å². The molecule has 0 atom stereocenters. The van der Waals surface area contributed by atoms with Crippen LogP contribution in [0.4, 0.5) is 0 Å². The fourth-order valence-corrected chi connectivity index (χ4v) is 4.33. The Labute approximate surface area is 127 Å². The van der Waals surface area contributed by atoms with Crippen LogP contribution in [0.5, 0.6) is 0 Å². The van der Waals surface area contributed by atoms with Gasteiger partial charge in [0.15, 0.2) is 0 Å². The van der Waals surface area contributed by atoms with Gasteiger partial charge in [0.25, 0.3) is 0 Å². The Balaban J connectivity index is 2.15. The summed E-state index contributed by atoms with van der Waals surface area (Å²) in [6, 6.07) is 0. The van der Waals surface area contributed by atoms with Crippen molar-refractivity contribution in [2.75, 3.05) is 5.75 Å². The van der Waals surface area contributed by atoms with Gasteiger partial charge in [0.2, 0.25) is 0 Å².